The van der Waals surface area contributed by atoms with Crippen molar-refractivity contribution in [3.63, 3.8) is 0 Å². The van der Waals surface area contributed by atoms with Gasteiger partial charge in [-0.1, -0.05) is 45.2 Å². The van der Waals surface area contributed by atoms with Crippen molar-refractivity contribution in [3.05, 3.63) is 32.7 Å². The molecule has 92 valence electrons. The molecule has 0 amide bonds. The zero-order valence-electron chi connectivity index (χ0n) is 8.99. The number of aliphatic hydroxyl groups is 1. The van der Waals surface area contributed by atoms with Gasteiger partial charge in [-0.3, -0.25) is 0 Å². The summed E-state index contributed by atoms with van der Waals surface area (Å²) in [7, 11) is 0. The Kier molecular flexibility index (Phi) is 7.85. The van der Waals surface area contributed by atoms with Crippen LogP contribution in [0.5, 0.6) is 0 Å². The molecular weight excluding hydrogens is 357 g/mol. The van der Waals surface area contributed by atoms with E-state index < -0.39 is 6.10 Å². The predicted molar refractivity (Wildman–Crippen MR) is 76.9 cm³/mol. The summed E-state index contributed by atoms with van der Waals surface area (Å²) in [5.41, 5.74) is 6.91. The molecule has 0 fully saturated rings. The molecule has 3 N–H and O–H groups in total. The Hall–Kier alpha value is 0.390. The van der Waals surface area contributed by atoms with Crippen molar-refractivity contribution in [2.75, 3.05) is 0 Å². The maximum atomic E-state index is 9.80. The van der Waals surface area contributed by atoms with E-state index in [1.807, 2.05) is 25.1 Å². The van der Waals surface area contributed by atoms with Gasteiger partial charge in [-0.15, -0.1) is 12.4 Å². The van der Waals surface area contributed by atoms with E-state index in [2.05, 4.69) is 31.9 Å². The number of halogens is 3. The average molecular weight is 374 g/mol. The third-order valence-corrected chi connectivity index (χ3v) is 3.18. The number of benzene rings is 1. The number of aliphatic hydroxyl groups excluding tert-OH is 1. The number of rotatable bonds is 4. The summed E-state index contributed by atoms with van der Waals surface area (Å²) in [6.07, 6.45) is 1.19. The summed E-state index contributed by atoms with van der Waals surface area (Å²) in [4.78, 5) is 0. The minimum atomic E-state index is -0.476. The van der Waals surface area contributed by atoms with Crippen LogP contribution in [0.2, 0.25) is 0 Å². The molecule has 1 rings (SSSR count). The van der Waals surface area contributed by atoms with Crippen LogP contribution in [-0.4, -0.2) is 11.2 Å². The summed E-state index contributed by atoms with van der Waals surface area (Å²) in [6, 6.07) is 5.50. The molecule has 16 heavy (non-hydrogen) atoms. The lowest BCUT2D eigenvalue weighted by molar-refractivity contribution is 0.134. The van der Waals surface area contributed by atoms with E-state index in [-0.39, 0.29) is 18.4 Å². The molecule has 2 atom stereocenters. The molecule has 0 aliphatic rings. The molecule has 5 heteroatoms. The summed E-state index contributed by atoms with van der Waals surface area (Å²) < 4.78 is 1.93. The van der Waals surface area contributed by atoms with E-state index in [1.165, 1.54) is 0 Å². The minimum Gasteiger partial charge on any atom is -0.391 e. The van der Waals surface area contributed by atoms with Crippen molar-refractivity contribution in [2.45, 2.75) is 31.9 Å². The summed E-state index contributed by atoms with van der Waals surface area (Å²) in [5, 5.41) is 9.80. The van der Waals surface area contributed by atoms with Gasteiger partial charge in [-0.05, 0) is 30.2 Å². The molecule has 0 bridgehead atoms. The van der Waals surface area contributed by atoms with Crippen LogP contribution in [0.25, 0.3) is 0 Å². The van der Waals surface area contributed by atoms with Crippen LogP contribution in [0.3, 0.4) is 0 Å². The first-order chi connectivity index (χ1) is 7.04. The van der Waals surface area contributed by atoms with E-state index >= 15 is 0 Å². The molecule has 0 aromatic heterocycles. The van der Waals surface area contributed by atoms with Gasteiger partial charge in [0.1, 0.15) is 0 Å². The van der Waals surface area contributed by atoms with Gasteiger partial charge in [0.05, 0.1) is 12.1 Å². The van der Waals surface area contributed by atoms with Gasteiger partial charge in [0, 0.05) is 8.95 Å². The minimum absolute atomic E-state index is 0. The maximum absolute atomic E-state index is 9.80. The van der Waals surface area contributed by atoms with E-state index in [0.717, 1.165) is 27.4 Å². The summed E-state index contributed by atoms with van der Waals surface area (Å²) in [5.74, 6) is 0. The molecule has 0 spiro atoms. The van der Waals surface area contributed by atoms with Crippen molar-refractivity contribution < 1.29 is 5.11 Å². The topological polar surface area (TPSA) is 46.2 Å². The van der Waals surface area contributed by atoms with E-state index in [4.69, 9.17) is 5.73 Å². The second-order valence-corrected chi connectivity index (χ2v) is 5.42. The third-order valence-electron chi connectivity index (χ3n) is 2.27. The lowest BCUT2D eigenvalue weighted by Gasteiger charge is -2.19. The molecule has 0 radical (unpaired) electrons. The van der Waals surface area contributed by atoms with Crippen LogP contribution < -0.4 is 5.73 Å². The molecule has 2 nitrogen and oxygen atoms in total. The van der Waals surface area contributed by atoms with Crippen molar-refractivity contribution in [2.24, 2.45) is 5.73 Å². The number of hydrogen-bond acceptors (Lipinski definition) is 2. The van der Waals surface area contributed by atoms with Gasteiger partial charge < -0.3 is 10.8 Å². The normalized spacial score (nSPS) is 14.1. The van der Waals surface area contributed by atoms with Gasteiger partial charge in [-0.25, -0.2) is 0 Å². The Morgan fingerprint density at radius 3 is 2.19 bits per heavy atom. The first-order valence-electron chi connectivity index (χ1n) is 4.94. The van der Waals surface area contributed by atoms with Crippen molar-refractivity contribution in [1.82, 2.24) is 0 Å². The monoisotopic (exact) mass is 371 g/mol. The Balaban J connectivity index is 0.00000225. The van der Waals surface area contributed by atoms with Gasteiger partial charge in [0.25, 0.3) is 0 Å². The molecule has 0 aliphatic heterocycles. The van der Waals surface area contributed by atoms with Crippen LogP contribution in [0, 0.1) is 0 Å². The molecule has 1 aromatic carbocycles. The van der Waals surface area contributed by atoms with Gasteiger partial charge >= 0.3 is 0 Å². The van der Waals surface area contributed by atoms with Crippen molar-refractivity contribution >= 4 is 44.3 Å². The lowest BCUT2D eigenvalue weighted by atomic mass is 9.99. The van der Waals surface area contributed by atoms with Crippen molar-refractivity contribution in [3.8, 4) is 0 Å². The first-order valence-corrected chi connectivity index (χ1v) is 6.52. The molecule has 0 heterocycles. The van der Waals surface area contributed by atoms with Gasteiger partial charge in [0.2, 0.25) is 0 Å². The maximum Gasteiger partial charge on any atom is 0.0732 e. The highest BCUT2D eigenvalue weighted by Gasteiger charge is 2.16. The zero-order chi connectivity index (χ0) is 11.4. The fourth-order valence-electron chi connectivity index (χ4n) is 1.47. The molecule has 0 saturated heterocycles. The zero-order valence-corrected chi connectivity index (χ0v) is 13.0. The highest BCUT2D eigenvalue weighted by molar-refractivity contribution is 9.11. The largest absolute Gasteiger partial charge is 0.391 e. The second-order valence-electron chi connectivity index (χ2n) is 3.58. The van der Waals surface area contributed by atoms with E-state index in [0.29, 0.717) is 0 Å². The third kappa shape index (κ3) is 4.72. The average Bonchev–Trinajstić information content (AvgIpc) is 2.15. The Bertz CT molecular complexity index is 316. The van der Waals surface area contributed by atoms with Crippen LogP contribution >= 0.6 is 44.3 Å². The first kappa shape index (κ1) is 16.4. The van der Waals surface area contributed by atoms with Crippen LogP contribution in [0.4, 0.5) is 0 Å². The Morgan fingerprint density at radius 1 is 1.25 bits per heavy atom. The van der Waals surface area contributed by atoms with Crippen molar-refractivity contribution in [1.29, 1.82) is 0 Å². The van der Waals surface area contributed by atoms with Gasteiger partial charge in [0.15, 0.2) is 0 Å². The molecule has 0 saturated carbocycles. The number of nitrogens with two attached hydrogens (primary N) is 1. The van der Waals surface area contributed by atoms with E-state index in [1.54, 1.807) is 0 Å². The standard InChI is InChI=1S/C11H15Br2NO.ClH/c1-2-3-10(15)11(14)7-4-8(12)6-9(13)5-7;/h4-6,10-11,15H,2-3,14H2,1H3;1H/t10-,11+;/m0./s1. The summed E-state index contributed by atoms with van der Waals surface area (Å²) >= 11 is 6.80. The number of hydrogen-bond donors (Lipinski definition) is 2. The van der Waals surface area contributed by atoms with Crippen LogP contribution in [-0.2, 0) is 0 Å². The Labute approximate surface area is 119 Å². The highest BCUT2D eigenvalue weighted by Crippen LogP contribution is 2.25. The van der Waals surface area contributed by atoms with Crippen LogP contribution in [0.15, 0.2) is 27.1 Å². The molecular formula is C11H16Br2ClNO. The van der Waals surface area contributed by atoms with Crippen LogP contribution in [0.1, 0.15) is 31.4 Å². The fourth-order valence-corrected chi connectivity index (χ4v) is 2.79. The quantitative estimate of drug-likeness (QED) is 0.843. The molecule has 0 unspecified atom stereocenters. The smallest absolute Gasteiger partial charge is 0.0732 e. The van der Waals surface area contributed by atoms with E-state index in [9.17, 15) is 5.11 Å². The Morgan fingerprint density at radius 2 is 1.75 bits per heavy atom. The molecule has 0 aliphatic carbocycles. The van der Waals surface area contributed by atoms with Gasteiger partial charge in [-0.2, -0.15) is 0 Å². The summed E-state index contributed by atoms with van der Waals surface area (Å²) in [6.45, 7) is 2.03. The highest BCUT2D eigenvalue weighted by atomic mass is 79.9. The predicted octanol–water partition coefficient (Wildman–Crippen LogP) is 3.79. The lowest BCUT2D eigenvalue weighted by Crippen LogP contribution is -2.25. The fraction of sp³-hybridized carbons (Fsp3) is 0.455. The molecule has 1 aromatic rings. The SMILES string of the molecule is CCC[C@H](O)[C@H](N)c1cc(Br)cc(Br)c1.Cl. The second kappa shape index (κ2) is 7.67.